The van der Waals surface area contributed by atoms with E-state index in [4.69, 9.17) is 9.15 Å². The number of allylic oxidation sites excluding steroid dienone is 3. The summed E-state index contributed by atoms with van der Waals surface area (Å²) in [4.78, 5) is 25.9. The van der Waals surface area contributed by atoms with E-state index in [0.717, 1.165) is 17.0 Å². The highest BCUT2D eigenvalue weighted by Crippen LogP contribution is 2.45. The number of esters is 1. The van der Waals surface area contributed by atoms with E-state index in [1.165, 1.54) is 12.7 Å². The SMILES string of the molecule is COC(=O)C1=C(C)NC2=C(C(=O)CC(c3ccc(C)cc3)C2)C1c1ccc(C)o1. The van der Waals surface area contributed by atoms with E-state index in [1.807, 2.05) is 26.0 Å². The number of ether oxygens (including phenoxy) is 1. The molecular formula is C24H25NO4. The summed E-state index contributed by atoms with van der Waals surface area (Å²) < 4.78 is 10.9. The van der Waals surface area contributed by atoms with Gasteiger partial charge in [-0.3, -0.25) is 4.79 Å². The van der Waals surface area contributed by atoms with Crippen molar-refractivity contribution >= 4 is 11.8 Å². The van der Waals surface area contributed by atoms with E-state index in [9.17, 15) is 9.59 Å². The molecule has 5 heteroatoms. The Labute approximate surface area is 170 Å². The Bertz CT molecular complexity index is 1040. The molecular weight excluding hydrogens is 366 g/mol. The van der Waals surface area contributed by atoms with Crippen LogP contribution in [-0.2, 0) is 14.3 Å². The molecule has 2 aromatic rings. The molecule has 5 nitrogen and oxygen atoms in total. The fraction of sp³-hybridized carbons (Fsp3) is 0.333. The summed E-state index contributed by atoms with van der Waals surface area (Å²) >= 11 is 0. The van der Waals surface area contributed by atoms with Crippen molar-refractivity contribution in [1.29, 1.82) is 0 Å². The molecule has 0 radical (unpaired) electrons. The molecule has 150 valence electrons. The smallest absolute Gasteiger partial charge is 0.336 e. The molecule has 2 heterocycles. The second-order valence-corrected chi connectivity index (χ2v) is 7.87. The zero-order valence-corrected chi connectivity index (χ0v) is 17.2. The first-order valence-corrected chi connectivity index (χ1v) is 9.84. The minimum atomic E-state index is -0.543. The van der Waals surface area contributed by atoms with Crippen LogP contribution in [0.1, 0.15) is 54.2 Å². The van der Waals surface area contributed by atoms with Crippen LogP contribution in [0.5, 0.6) is 0 Å². The van der Waals surface area contributed by atoms with Gasteiger partial charge in [-0.1, -0.05) is 29.8 Å². The fourth-order valence-corrected chi connectivity index (χ4v) is 4.39. The maximum Gasteiger partial charge on any atom is 0.336 e. The highest BCUT2D eigenvalue weighted by atomic mass is 16.5. The van der Waals surface area contributed by atoms with Crippen molar-refractivity contribution in [1.82, 2.24) is 5.32 Å². The third-order valence-corrected chi connectivity index (χ3v) is 5.83. The van der Waals surface area contributed by atoms with Gasteiger partial charge in [-0.2, -0.15) is 0 Å². The lowest BCUT2D eigenvalue weighted by atomic mass is 9.73. The fourth-order valence-electron chi connectivity index (χ4n) is 4.39. The first-order valence-electron chi connectivity index (χ1n) is 9.84. The van der Waals surface area contributed by atoms with Gasteiger partial charge < -0.3 is 14.5 Å². The van der Waals surface area contributed by atoms with Crippen LogP contribution < -0.4 is 5.32 Å². The zero-order valence-electron chi connectivity index (χ0n) is 17.2. The third kappa shape index (κ3) is 3.41. The second-order valence-electron chi connectivity index (χ2n) is 7.87. The lowest BCUT2D eigenvalue weighted by molar-refractivity contribution is -0.136. The molecule has 0 saturated carbocycles. The number of dihydropyridines is 1. The Kier molecular flexibility index (Phi) is 4.91. The largest absolute Gasteiger partial charge is 0.466 e. The summed E-state index contributed by atoms with van der Waals surface area (Å²) in [5.74, 6) is 0.493. The Balaban J connectivity index is 1.78. The average molecular weight is 391 g/mol. The van der Waals surface area contributed by atoms with Crippen LogP contribution in [0.15, 0.2) is 63.4 Å². The van der Waals surface area contributed by atoms with Crippen molar-refractivity contribution in [2.24, 2.45) is 0 Å². The van der Waals surface area contributed by atoms with Gasteiger partial charge in [0.25, 0.3) is 0 Å². The predicted octanol–water partition coefficient (Wildman–Crippen LogP) is 4.43. The molecule has 2 aliphatic rings. The van der Waals surface area contributed by atoms with Crippen LogP contribution in [0.4, 0.5) is 0 Å². The van der Waals surface area contributed by atoms with Crippen LogP contribution >= 0.6 is 0 Å². The minimum Gasteiger partial charge on any atom is -0.466 e. The Morgan fingerprint density at radius 2 is 1.79 bits per heavy atom. The van der Waals surface area contributed by atoms with Crippen molar-refractivity contribution in [2.75, 3.05) is 7.11 Å². The number of hydrogen-bond donors (Lipinski definition) is 1. The number of hydrogen-bond acceptors (Lipinski definition) is 5. The van der Waals surface area contributed by atoms with Crippen LogP contribution in [0.25, 0.3) is 0 Å². The summed E-state index contributed by atoms with van der Waals surface area (Å²) in [5, 5.41) is 3.33. The van der Waals surface area contributed by atoms with E-state index < -0.39 is 11.9 Å². The summed E-state index contributed by atoms with van der Waals surface area (Å²) in [6.07, 6.45) is 1.12. The predicted molar refractivity (Wildman–Crippen MR) is 109 cm³/mol. The van der Waals surface area contributed by atoms with Crippen molar-refractivity contribution in [2.45, 2.75) is 45.4 Å². The first-order chi connectivity index (χ1) is 13.9. The topological polar surface area (TPSA) is 68.5 Å². The second kappa shape index (κ2) is 7.39. The summed E-state index contributed by atoms with van der Waals surface area (Å²) in [6.45, 7) is 5.75. The summed E-state index contributed by atoms with van der Waals surface area (Å²) in [5.41, 5.74) is 4.98. The van der Waals surface area contributed by atoms with Gasteiger partial charge in [-0.25, -0.2) is 4.79 Å². The highest BCUT2D eigenvalue weighted by Gasteiger charge is 2.42. The average Bonchev–Trinajstić information content (AvgIpc) is 3.12. The molecule has 0 saturated heterocycles. The van der Waals surface area contributed by atoms with E-state index in [-0.39, 0.29) is 11.7 Å². The zero-order chi connectivity index (χ0) is 20.7. The van der Waals surface area contributed by atoms with E-state index >= 15 is 0 Å². The standard InChI is InChI=1S/C24H25NO4/c1-13-5-8-16(9-6-13)17-11-18-22(19(26)12-17)23(20-10-7-14(2)29-20)21(15(3)25-18)24(27)28-4/h5-10,17,23,25H,11-12H2,1-4H3. The molecule has 0 bridgehead atoms. The lowest BCUT2D eigenvalue weighted by Crippen LogP contribution is -2.35. The molecule has 29 heavy (non-hydrogen) atoms. The number of methoxy groups -OCH3 is 1. The molecule has 2 atom stereocenters. The van der Waals surface area contributed by atoms with E-state index in [2.05, 4.69) is 36.5 Å². The molecule has 1 N–H and O–H groups in total. The Hall–Kier alpha value is -3.08. The van der Waals surface area contributed by atoms with Crippen molar-refractivity contribution in [3.8, 4) is 0 Å². The van der Waals surface area contributed by atoms with Gasteiger partial charge in [-0.15, -0.1) is 0 Å². The van der Waals surface area contributed by atoms with E-state index in [0.29, 0.717) is 35.4 Å². The van der Waals surface area contributed by atoms with Gasteiger partial charge >= 0.3 is 5.97 Å². The number of rotatable bonds is 3. The van der Waals surface area contributed by atoms with Crippen molar-refractivity contribution in [3.05, 3.63) is 81.6 Å². The van der Waals surface area contributed by atoms with Crippen molar-refractivity contribution < 1.29 is 18.7 Å². The summed E-state index contributed by atoms with van der Waals surface area (Å²) in [7, 11) is 1.35. The number of aryl methyl sites for hydroxylation is 2. The van der Waals surface area contributed by atoms with Crippen LogP contribution in [-0.4, -0.2) is 18.9 Å². The normalized spacial score (nSPS) is 21.7. The third-order valence-electron chi connectivity index (χ3n) is 5.83. The lowest BCUT2D eigenvalue weighted by Gasteiger charge is -2.35. The summed E-state index contributed by atoms with van der Waals surface area (Å²) in [6, 6.07) is 12.0. The Morgan fingerprint density at radius 3 is 2.41 bits per heavy atom. The molecule has 0 spiro atoms. The molecule has 2 unspecified atom stereocenters. The number of benzene rings is 1. The van der Waals surface area contributed by atoms with Gasteiger partial charge in [0, 0.05) is 23.4 Å². The molecule has 1 aromatic carbocycles. The number of Topliss-reactive ketones (excluding diaryl/α,β-unsaturated/α-hetero) is 1. The molecule has 1 aliphatic heterocycles. The number of carbonyl (C=O) groups excluding carboxylic acids is 2. The quantitative estimate of drug-likeness (QED) is 0.784. The van der Waals surface area contributed by atoms with E-state index in [1.54, 1.807) is 0 Å². The van der Waals surface area contributed by atoms with Gasteiger partial charge in [0.05, 0.1) is 18.6 Å². The maximum atomic E-state index is 13.3. The number of nitrogens with one attached hydrogen (secondary N) is 1. The minimum absolute atomic E-state index is 0.0391. The van der Waals surface area contributed by atoms with Gasteiger partial charge in [0.2, 0.25) is 0 Å². The number of ketones is 1. The van der Waals surface area contributed by atoms with Gasteiger partial charge in [0.1, 0.15) is 11.5 Å². The maximum absolute atomic E-state index is 13.3. The molecule has 0 amide bonds. The van der Waals surface area contributed by atoms with Gasteiger partial charge in [0.15, 0.2) is 5.78 Å². The molecule has 0 fully saturated rings. The van der Waals surface area contributed by atoms with Crippen LogP contribution in [0.2, 0.25) is 0 Å². The molecule has 1 aromatic heterocycles. The molecule has 4 rings (SSSR count). The number of furan rings is 1. The van der Waals surface area contributed by atoms with Crippen molar-refractivity contribution in [3.63, 3.8) is 0 Å². The van der Waals surface area contributed by atoms with Crippen LogP contribution in [0, 0.1) is 13.8 Å². The highest BCUT2D eigenvalue weighted by molar-refractivity contribution is 6.04. The Morgan fingerprint density at radius 1 is 1.07 bits per heavy atom. The number of carbonyl (C=O) groups is 2. The van der Waals surface area contributed by atoms with Gasteiger partial charge in [-0.05, 0) is 50.8 Å². The monoisotopic (exact) mass is 391 g/mol. The van der Waals surface area contributed by atoms with Crippen LogP contribution in [0.3, 0.4) is 0 Å². The molecule has 1 aliphatic carbocycles. The first kappa shape index (κ1) is 19.2.